The first-order valence-corrected chi connectivity index (χ1v) is 16.0. The number of rotatable bonds is 10. The van der Waals surface area contributed by atoms with E-state index in [2.05, 4.69) is 37.6 Å². The maximum Gasteiger partial charge on any atom is 2.00 e. The molecule has 2 saturated heterocycles. The molecule has 2 fully saturated rings. The summed E-state index contributed by atoms with van der Waals surface area (Å²) in [6, 6.07) is -0.792. The Kier molecular flexibility index (Phi) is 12.1. The Bertz CT molecular complexity index is 1260. The topological polar surface area (TPSA) is 167 Å². The zero-order valence-electron chi connectivity index (χ0n) is 26.3. The maximum absolute atomic E-state index is 11.6. The molecule has 0 saturated carbocycles. The number of aliphatic hydroxyl groups is 2. The summed E-state index contributed by atoms with van der Waals surface area (Å²) in [5.41, 5.74) is 6.41. The van der Waals surface area contributed by atoms with Gasteiger partial charge in [0, 0.05) is 43.6 Å². The van der Waals surface area contributed by atoms with E-state index in [0.29, 0.717) is 32.1 Å². The van der Waals surface area contributed by atoms with Crippen LogP contribution < -0.4 is 10.6 Å². The monoisotopic (exact) mass is 664 g/mol. The van der Waals surface area contributed by atoms with E-state index < -0.39 is 11.9 Å². The Hall–Kier alpha value is -2.08. The van der Waals surface area contributed by atoms with Gasteiger partial charge in [0.15, 0.2) is 0 Å². The van der Waals surface area contributed by atoms with Crippen molar-refractivity contribution in [1.82, 2.24) is 10.6 Å². The molecule has 0 amide bonds. The van der Waals surface area contributed by atoms with Crippen LogP contribution >= 0.6 is 0 Å². The molecule has 45 heavy (non-hydrogen) atoms. The fraction of sp³-hybridized carbons (Fsp3) is 0.647. The molecule has 10 atom stereocenters. The van der Waals surface area contributed by atoms with Gasteiger partial charge in [0.25, 0.3) is 0 Å². The van der Waals surface area contributed by atoms with E-state index in [1.807, 2.05) is 12.2 Å². The SMILES string of the molecule is C=CC1=C(CO)C2CC3NC(CC4[N-]C(CC5NC(CC1[N-]2)C(C)=C5C=C)C(CO)C4CCC(=O)O)C(CCC(=O)O)=C3C.[Fe+2]. The van der Waals surface area contributed by atoms with E-state index >= 15 is 0 Å². The number of nitrogens with zero attached hydrogens (tertiary/aromatic N) is 2. The first-order valence-electron chi connectivity index (χ1n) is 16.0. The van der Waals surface area contributed by atoms with E-state index in [0.717, 1.165) is 34.3 Å². The van der Waals surface area contributed by atoms with Crippen LogP contribution in [0.5, 0.6) is 0 Å². The third kappa shape index (κ3) is 7.26. The summed E-state index contributed by atoms with van der Waals surface area (Å²) in [7, 11) is 0. The van der Waals surface area contributed by atoms with Gasteiger partial charge in [-0.25, -0.2) is 0 Å². The molecule has 0 spiro atoms. The Balaban J connectivity index is 0.00000461. The molecule has 6 N–H and O–H groups in total. The first-order chi connectivity index (χ1) is 21.1. The number of nitrogens with one attached hydrogen (secondary N) is 2. The average Bonchev–Trinajstić information content (AvgIpc) is 3.67. The minimum Gasteiger partial charge on any atom is -0.656 e. The van der Waals surface area contributed by atoms with Gasteiger partial charge >= 0.3 is 29.0 Å². The Labute approximate surface area is 277 Å². The summed E-state index contributed by atoms with van der Waals surface area (Å²) < 4.78 is 0. The van der Waals surface area contributed by atoms with Crippen molar-refractivity contribution in [2.24, 2.45) is 11.8 Å². The minimum atomic E-state index is -0.863. The summed E-state index contributed by atoms with van der Waals surface area (Å²) in [6.07, 6.45) is 7.25. The summed E-state index contributed by atoms with van der Waals surface area (Å²) in [6.45, 7) is 12.2. The summed E-state index contributed by atoms with van der Waals surface area (Å²) in [5.74, 6) is -1.98. The second-order valence-corrected chi connectivity index (χ2v) is 13.2. The molecule has 0 aliphatic carbocycles. The zero-order chi connectivity index (χ0) is 31.7. The van der Waals surface area contributed by atoms with Crippen LogP contribution in [0.3, 0.4) is 0 Å². The van der Waals surface area contributed by atoms with Crippen LogP contribution in [0.1, 0.15) is 65.2 Å². The molecule has 10 nitrogen and oxygen atoms in total. The third-order valence-electron chi connectivity index (χ3n) is 11.0. The molecule has 5 aliphatic heterocycles. The Morgan fingerprint density at radius 1 is 0.778 bits per heavy atom. The number of carbonyl (C=O) groups is 2. The van der Waals surface area contributed by atoms with Crippen LogP contribution in [-0.2, 0) is 26.7 Å². The standard InChI is InChI=1S/C34H48N4O6.Fe/c1-5-19-17(3)25-11-28-20(6-2)23(15-39)31(37-28)12-26-18(4)21(7-9-33(41)42)29(36-26)14-30-22(8-10-34(43)44)24(16-40)32(38-30)13-27(19)35-25;/h5-6,22,24-32,35-36,39-40H,1-2,7-16H2,3-4H3,(H,41,42)(H,43,44);/q-2;+2. The minimum absolute atomic E-state index is 0. The Morgan fingerprint density at radius 2 is 1.38 bits per heavy atom. The van der Waals surface area contributed by atoms with Crippen molar-refractivity contribution in [2.45, 2.75) is 114 Å². The second kappa shape index (κ2) is 15.2. The van der Waals surface area contributed by atoms with Gasteiger partial charge in [-0.3, -0.25) is 9.59 Å². The number of hydrogen-bond acceptors (Lipinski definition) is 6. The smallest absolute Gasteiger partial charge is 0.656 e. The predicted octanol–water partition coefficient (Wildman–Crippen LogP) is 3.74. The van der Waals surface area contributed by atoms with E-state index in [4.69, 9.17) is 10.6 Å². The van der Waals surface area contributed by atoms with Gasteiger partial charge in [-0.2, -0.15) is 0 Å². The van der Waals surface area contributed by atoms with E-state index in [9.17, 15) is 30.0 Å². The molecule has 5 rings (SSSR count). The molecule has 0 aromatic rings. The third-order valence-corrected chi connectivity index (χ3v) is 11.0. The molecular formula is C34H48FeN4O6. The van der Waals surface area contributed by atoms with Crippen LogP contribution in [0.15, 0.2) is 58.7 Å². The molecule has 0 aromatic carbocycles. The van der Waals surface area contributed by atoms with E-state index in [1.54, 1.807) is 0 Å². The van der Waals surface area contributed by atoms with Gasteiger partial charge in [0.1, 0.15) is 0 Å². The van der Waals surface area contributed by atoms with Gasteiger partial charge in [0.2, 0.25) is 0 Å². The van der Waals surface area contributed by atoms with Gasteiger partial charge in [-0.15, -0.1) is 24.2 Å². The quantitative estimate of drug-likeness (QED) is 0.152. The molecular weight excluding hydrogens is 616 g/mol. The molecule has 8 bridgehead atoms. The molecule has 10 unspecified atom stereocenters. The van der Waals surface area contributed by atoms with Crippen LogP contribution in [0.2, 0.25) is 0 Å². The maximum atomic E-state index is 11.6. The largest absolute Gasteiger partial charge is 2.00 e. The van der Waals surface area contributed by atoms with Crippen LogP contribution in [0.4, 0.5) is 0 Å². The number of carboxylic acid groups (broad SMARTS) is 2. The van der Waals surface area contributed by atoms with Gasteiger partial charge in [-0.05, 0) is 63.9 Å². The van der Waals surface area contributed by atoms with Crippen LogP contribution in [-0.4, -0.2) is 93.9 Å². The van der Waals surface area contributed by atoms with Crippen molar-refractivity contribution in [2.75, 3.05) is 13.2 Å². The first kappa shape index (κ1) is 35.8. The van der Waals surface area contributed by atoms with Gasteiger partial charge in [0.05, 0.1) is 6.61 Å². The number of aliphatic carboxylic acids is 2. The van der Waals surface area contributed by atoms with Gasteiger partial charge < -0.3 is 41.7 Å². The van der Waals surface area contributed by atoms with E-state index in [-0.39, 0.29) is 103 Å². The number of carboxylic acids is 2. The van der Waals surface area contributed by atoms with Crippen molar-refractivity contribution in [3.8, 4) is 0 Å². The number of hydrogen-bond donors (Lipinski definition) is 6. The summed E-state index contributed by atoms with van der Waals surface area (Å²) in [5, 5.41) is 58.3. The summed E-state index contributed by atoms with van der Waals surface area (Å²) in [4.78, 5) is 23.3. The summed E-state index contributed by atoms with van der Waals surface area (Å²) >= 11 is 0. The molecule has 11 heteroatoms. The molecule has 0 radical (unpaired) electrons. The fourth-order valence-electron chi connectivity index (χ4n) is 8.75. The van der Waals surface area contributed by atoms with Crippen molar-refractivity contribution in [3.05, 3.63) is 69.4 Å². The number of aliphatic hydroxyl groups excluding tert-OH is 2. The van der Waals surface area contributed by atoms with Crippen molar-refractivity contribution >= 4 is 11.9 Å². The Morgan fingerprint density at radius 3 is 2.00 bits per heavy atom. The van der Waals surface area contributed by atoms with Crippen molar-refractivity contribution in [3.63, 3.8) is 0 Å². The molecule has 5 aliphatic rings. The normalized spacial score (nSPS) is 36.4. The van der Waals surface area contributed by atoms with Crippen LogP contribution in [0, 0.1) is 11.8 Å². The molecule has 5 heterocycles. The van der Waals surface area contributed by atoms with Crippen molar-refractivity contribution < 1.29 is 47.1 Å². The zero-order valence-corrected chi connectivity index (χ0v) is 27.4. The predicted molar refractivity (Wildman–Crippen MR) is 169 cm³/mol. The second-order valence-electron chi connectivity index (χ2n) is 13.2. The molecule has 248 valence electrons. The van der Waals surface area contributed by atoms with Crippen molar-refractivity contribution in [1.29, 1.82) is 0 Å². The van der Waals surface area contributed by atoms with Crippen LogP contribution in [0.25, 0.3) is 10.6 Å². The van der Waals surface area contributed by atoms with Gasteiger partial charge in [-0.1, -0.05) is 59.1 Å². The molecule has 0 aromatic heterocycles. The van der Waals surface area contributed by atoms with E-state index in [1.165, 1.54) is 5.57 Å². The average molecular weight is 665 g/mol. The number of fused-ring (bicyclic) bond motifs is 8. The fourth-order valence-corrected chi connectivity index (χ4v) is 8.75.